The highest BCUT2D eigenvalue weighted by atomic mass is 35.5. The number of nitrogens with zero attached hydrogens (tertiary/aromatic N) is 1. The summed E-state index contributed by atoms with van der Waals surface area (Å²) >= 11 is 5.80. The van der Waals surface area contributed by atoms with E-state index < -0.39 is 11.8 Å². The lowest BCUT2D eigenvalue weighted by atomic mass is 10.2. The van der Waals surface area contributed by atoms with Crippen LogP contribution in [0.2, 0.25) is 5.02 Å². The van der Waals surface area contributed by atoms with Crippen LogP contribution in [0.3, 0.4) is 0 Å². The highest BCUT2D eigenvalue weighted by molar-refractivity contribution is 6.33. The Kier molecular flexibility index (Phi) is 4.30. The number of ether oxygens (including phenoxy) is 1. The monoisotopic (exact) mass is 283 g/mol. The number of hydrogen-bond acceptors (Lipinski definition) is 4. The molecule has 1 aliphatic rings. The summed E-state index contributed by atoms with van der Waals surface area (Å²) in [6.07, 6.45) is 4.80. The first-order valence-electron chi connectivity index (χ1n) is 5.89. The molecule has 1 aliphatic carbocycles. The molecule has 1 aromatic carbocycles. The van der Waals surface area contributed by atoms with Gasteiger partial charge in [0.15, 0.2) is 5.82 Å². The summed E-state index contributed by atoms with van der Waals surface area (Å²) in [4.78, 5) is 25.3. The Morgan fingerprint density at radius 2 is 2.11 bits per heavy atom. The van der Waals surface area contributed by atoms with Gasteiger partial charge in [-0.3, -0.25) is 0 Å². The van der Waals surface area contributed by atoms with E-state index in [-0.39, 0.29) is 22.4 Å². The fourth-order valence-electron chi connectivity index (χ4n) is 2.05. The Labute approximate surface area is 114 Å². The molecule has 2 rings (SSSR count). The lowest BCUT2D eigenvalue weighted by Gasteiger charge is -2.12. The summed E-state index contributed by atoms with van der Waals surface area (Å²) in [6.45, 7) is 0. The second kappa shape index (κ2) is 5.95. The van der Waals surface area contributed by atoms with Gasteiger partial charge in [0.2, 0.25) is 6.08 Å². The molecule has 0 unspecified atom stereocenters. The van der Waals surface area contributed by atoms with E-state index in [0.29, 0.717) is 0 Å². The maximum atomic E-state index is 13.4. The van der Waals surface area contributed by atoms with Crippen molar-refractivity contribution in [2.45, 2.75) is 31.8 Å². The molecule has 0 amide bonds. The number of esters is 1. The van der Waals surface area contributed by atoms with Crippen LogP contribution in [-0.4, -0.2) is 18.2 Å². The van der Waals surface area contributed by atoms with E-state index >= 15 is 0 Å². The largest absolute Gasteiger partial charge is 0.459 e. The quantitative estimate of drug-likeness (QED) is 0.484. The van der Waals surface area contributed by atoms with Crippen LogP contribution in [0.4, 0.5) is 10.1 Å². The van der Waals surface area contributed by atoms with E-state index in [1.54, 1.807) is 0 Å². The van der Waals surface area contributed by atoms with Gasteiger partial charge in [-0.15, -0.1) is 0 Å². The van der Waals surface area contributed by atoms with Crippen molar-refractivity contribution in [2.24, 2.45) is 4.99 Å². The molecule has 100 valence electrons. The second-order valence-electron chi connectivity index (χ2n) is 4.30. The predicted molar refractivity (Wildman–Crippen MR) is 66.9 cm³/mol. The maximum Gasteiger partial charge on any atom is 0.340 e. The lowest BCUT2D eigenvalue weighted by Crippen LogP contribution is -2.15. The predicted octanol–water partition coefficient (Wildman–Crippen LogP) is 3.55. The van der Waals surface area contributed by atoms with Gasteiger partial charge >= 0.3 is 5.97 Å². The zero-order valence-corrected chi connectivity index (χ0v) is 10.7. The molecule has 0 aromatic heterocycles. The fraction of sp³-hybridized carbons (Fsp3) is 0.385. The Bertz CT molecular complexity index is 549. The number of rotatable bonds is 3. The van der Waals surface area contributed by atoms with Crippen LogP contribution in [-0.2, 0) is 9.53 Å². The molecule has 4 nitrogen and oxygen atoms in total. The van der Waals surface area contributed by atoms with Crippen LogP contribution in [0.25, 0.3) is 0 Å². The van der Waals surface area contributed by atoms with Crippen molar-refractivity contribution in [3.8, 4) is 0 Å². The zero-order valence-electron chi connectivity index (χ0n) is 9.99. The van der Waals surface area contributed by atoms with Crippen molar-refractivity contribution in [1.29, 1.82) is 0 Å². The number of isocyanates is 1. The van der Waals surface area contributed by atoms with Crippen molar-refractivity contribution < 1.29 is 18.7 Å². The molecule has 0 radical (unpaired) electrons. The SMILES string of the molecule is O=C=Nc1cc(C(=O)OC2CCCC2)c(Cl)cc1F. The van der Waals surface area contributed by atoms with Crippen LogP contribution in [0.1, 0.15) is 36.0 Å². The van der Waals surface area contributed by atoms with Crippen LogP contribution >= 0.6 is 11.6 Å². The summed E-state index contributed by atoms with van der Waals surface area (Å²) in [7, 11) is 0. The van der Waals surface area contributed by atoms with Crippen molar-refractivity contribution in [3.05, 3.63) is 28.5 Å². The first kappa shape index (κ1) is 13.7. The molecule has 1 fully saturated rings. The summed E-state index contributed by atoms with van der Waals surface area (Å²) in [5, 5.41) is -0.0645. The average molecular weight is 284 g/mol. The molecule has 1 saturated carbocycles. The van der Waals surface area contributed by atoms with Gasteiger partial charge in [0.05, 0.1) is 10.6 Å². The van der Waals surface area contributed by atoms with Crippen LogP contribution < -0.4 is 0 Å². The average Bonchev–Trinajstić information content (AvgIpc) is 2.85. The highest BCUT2D eigenvalue weighted by Crippen LogP contribution is 2.28. The lowest BCUT2D eigenvalue weighted by molar-refractivity contribution is 0.0318. The van der Waals surface area contributed by atoms with Gasteiger partial charge in [-0.2, -0.15) is 4.99 Å². The van der Waals surface area contributed by atoms with E-state index in [1.165, 1.54) is 6.08 Å². The second-order valence-corrected chi connectivity index (χ2v) is 4.71. The summed E-state index contributed by atoms with van der Waals surface area (Å²) < 4.78 is 18.6. The third-order valence-electron chi connectivity index (χ3n) is 3.00. The van der Waals surface area contributed by atoms with Crippen LogP contribution in [0.5, 0.6) is 0 Å². The summed E-state index contributed by atoms with van der Waals surface area (Å²) in [6, 6.07) is 2.03. The minimum Gasteiger partial charge on any atom is -0.459 e. The highest BCUT2D eigenvalue weighted by Gasteiger charge is 2.22. The van der Waals surface area contributed by atoms with Gasteiger partial charge in [0, 0.05) is 0 Å². The Morgan fingerprint density at radius 1 is 1.42 bits per heavy atom. The molecular formula is C13H11ClFNO3. The van der Waals surface area contributed by atoms with Crippen LogP contribution in [0, 0.1) is 5.82 Å². The first-order valence-corrected chi connectivity index (χ1v) is 6.27. The number of aliphatic imine (C=N–C) groups is 1. The van der Waals surface area contributed by atoms with Gasteiger partial charge in [-0.05, 0) is 37.8 Å². The molecule has 0 bridgehead atoms. The third-order valence-corrected chi connectivity index (χ3v) is 3.31. The Morgan fingerprint density at radius 3 is 2.74 bits per heavy atom. The first-order chi connectivity index (χ1) is 9.11. The molecule has 0 N–H and O–H groups in total. The minimum absolute atomic E-state index is 0.00367. The molecule has 0 heterocycles. The van der Waals surface area contributed by atoms with Gasteiger partial charge in [0.25, 0.3) is 0 Å². The Balaban J connectivity index is 2.24. The van der Waals surface area contributed by atoms with Crippen LogP contribution in [0.15, 0.2) is 17.1 Å². The van der Waals surface area contributed by atoms with E-state index in [1.807, 2.05) is 0 Å². The molecule has 19 heavy (non-hydrogen) atoms. The van der Waals surface area contributed by atoms with E-state index in [9.17, 15) is 14.0 Å². The normalized spacial score (nSPS) is 15.1. The number of carbonyl (C=O) groups is 1. The summed E-state index contributed by atoms with van der Waals surface area (Å²) in [5.74, 6) is -1.41. The molecule has 0 atom stereocenters. The van der Waals surface area contributed by atoms with Crippen molar-refractivity contribution in [3.63, 3.8) is 0 Å². The molecule has 0 spiro atoms. The van der Waals surface area contributed by atoms with Crippen molar-refractivity contribution in [2.75, 3.05) is 0 Å². The minimum atomic E-state index is -0.786. The zero-order chi connectivity index (χ0) is 13.8. The topological polar surface area (TPSA) is 55.7 Å². The van der Waals surface area contributed by atoms with E-state index in [0.717, 1.165) is 37.8 Å². The number of hydrogen-bond donors (Lipinski definition) is 0. The van der Waals surface area contributed by atoms with E-state index in [4.69, 9.17) is 16.3 Å². The van der Waals surface area contributed by atoms with E-state index in [2.05, 4.69) is 4.99 Å². The van der Waals surface area contributed by atoms with Gasteiger partial charge in [-0.1, -0.05) is 11.6 Å². The smallest absolute Gasteiger partial charge is 0.340 e. The van der Waals surface area contributed by atoms with Gasteiger partial charge < -0.3 is 4.74 Å². The molecular weight excluding hydrogens is 273 g/mol. The maximum absolute atomic E-state index is 13.4. The third kappa shape index (κ3) is 3.19. The van der Waals surface area contributed by atoms with Crippen molar-refractivity contribution >= 4 is 29.3 Å². The number of carbonyl (C=O) groups excluding carboxylic acids is 2. The standard InChI is InChI=1S/C13H11ClFNO3/c14-10-6-11(15)12(16-7-17)5-9(10)13(18)19-8-3-1-2-4-8/h5-6,8H,1-4H2. The van der Waals surface area contributed by atoms with Gasteiger partial charge in [0.1, 0.15) is 11.8 Å². The molecule has 0 saturated heterocycles. The number of benzene rings is 1. The fourth-order valence-corrected chi connectivity index (χ4v) is 2.28. The molecule has 6 heteroatoms. The summed E-state index contributed by atoms with van der Waals surface area (Å²) in [5.41, 5.74) is -0.276. The van der Waals surface area contributed by atoms with Gasteiger partial charge in [-0.25, -0.2) is 14.0 Å². The molecule has 0 aliphatic heterocycles. The molecule has 1 aromatic rings. The number of halogens is 2. The Hall–Kier alpha value is -1.71. The van der Waals surface area contributed by atoms with Crippen molar-refractivity contribution in [1.82, 2.24) is 0 Å².